The van der Waals surface area contributed by atoms with Gasteiger partial charge in [0.05, 0.1) is 0 Å². The Balaban J connectivity index is 2.73. The topological polar surface area (TPSA) is 17.1 Å². The van der Waals surface area contributed by atoms with Crippen LogP contribution in [0.2, 0.25) is 0 Å². The number of carbonyl (C=O) groups is 1. The van der Waals surface area contributed by atoms with E-state index in [1.54, 1.807) is 0 Å². The van der Waals surface area contributed by atoms with Crippen LogP contribution in [-0.2, 0) is 4.79 Å². The summed E-state index contributed by atoms with van der Waals surface area (Å²) in [5.41, 5.74) is 1.72. The van der Waals surface area contributed by atoms with Gasteiger partial charge >= 0.3 is 0 Å². The van der Waals surface area contributed by atoms with E-state index in [1.807, 2.05) is 30.3 Å². The zero-order chi connectivity index (χ0) is 8.97. The molecule has 0 aliphatic heterocycles. The first-order valence-corrected chi connectivity index (χ1v) is 3.99. The van der Waals surface area contributed by atoms with Crippen molar-refractivity contribution in [1.29, 1.82) is 0 Å². The molecule has 0 saturated carbocycles. The fourth-order valence-corrected chi connectivity index (χ4v) is 1.10. The first kappa shape index (κ1) is 9.01. The number of carbonyl (C=O) groups excluding carboxylic acids is 1. The molecular formula is C10H9ClO. The summed E-state index contributed by atoms with van der Waals surface area (Å²) in [5.74, 6) is 0. The predicted octanol–water partition coefficient (Wildman–Crippen LogP) is 2.86. The Kier molecular flexibility index (Phi) is 3.06. The molecule has 1 rings (SSSR count). The number of hydrogen-bond acceptors (Lipinski definition) is 1. The summed E-state index contributed by atoms with van der Waals surface area (Å²) in [5, 5.41) is -0.371. The molecule has 0 fully saturated rings. The van der Waals surface area contributed by atoms with Crippen molar-refractivity contribution in [1.82, 2.24) is 0 Å². The van der Waals surface area contributed by atoms with Crippen molar-refractivity contribution in [2.75, 3.05) is 0 Å². The Bertz CT molecular complexity index is 290. The largest absolute Gasteiger partial charge is 0.281 e. The summed E-state index contributed by atoms with van der Waals surface area (Å²) in [6.45, 7) is 3.76. The molecule has 0 amide bonds. The van der Waals surface area contributed by atoms with Gasteiger partial charge in [0, 0.05) is 6.42 Å². The second-order valence-corrected chi connectivity index (χ2v) is 2.92. The molecule has 0 N–H and O–H groups in total. The summed E-state index contributed by atoms with van der Waals surface area (Å²) >= 11 is 5.22. The van der Waals surface area contributed by atoms with Crippen molar-refractivity contribution >= 4 is 22.4 Å². The van der Waals surface area contributed by atoms with Crippen LogP contribution in [0.15, 0.2) is 36.9 Å². The highest BCUT2D eigenvalue weighted by atomic mass is 35.5. The Morgan fingerprint density at radius 1 is 1.33 bits per heavy atom. The van der Waals surface area contributed by atoms with Crippen LogP contribution in [0.3, 0.4) is 0 Å². The van der Waals surface area contributed by atoms with Crippen LogP contribution < -0.4 is 0 Å². The summed E-state index contributed by atoms with van der Waals surface area (Å²) in [4.78, 5) is 10.5. The van der Waals surface area contributed by atoms with E-state index in [2.05, 4.69) is 6.58 Å². The van der Waals surface area contributed by atoms with Gasteiger partial charge in [-0.15, -0.1) is 0 Å². The van der Waals surface area contributed by atoms with E-state index >= 15 is 0 Å². The molecule has 62 valence electrons. The molecule has 1 aromatic carbocycles. The molecule has 1 nitrogen and oxygen atoms in total. The van der Waals surface area contributed by atoms with E-state index in [4.69, 9.17) is 11.6 Å². The third-order valence-corrected chi connectivity index (χ3v) is 1.67. The normalized spacial score (nSPS) is 9.42. The summed E-state index contributed by atoms with van der Waals surface area (Å²) < 4.78 is 0. The number of halogens is 1. The minimum Gasteiger partial charge on any atom is -0.281 e. The quantitative estimate of drug-likeness (QED) is 0.654. The Hall–Kier alpha value is -1.08. The minimum absolute atomic E-state index is 0.214. The van der Waals surface area contributed by atoms with Gasteiger partial charge in [-0.2, -0.15) is 0 Å². The highest BCUT2D eigenvalue weighted by Crippen LogP contribution is 2.16. The van der Waals surface area contributed by atoms with Gasteiger partial charge in [0.25, 0.3) is 0 Å². The molecule has 0 aliphatic carbocycles. The second kappa shape index (κ2) is 4.07. The molecule has 1 aromatic rings. The monoisotopic (exact) mass is 180 g/mol. The number of rotatable bonds is 3. The first-order chi connectivity index (χ1) is 5.70. The van der Waals surface area contributed by atoms with Crippen molar-refractivity contribution in [2.45, 2.75) is 6.42 Å². The van der Waals surface area contributed by atoms with Gasteiger partial charge in [0.15, 0.2) is 0 Å². The van der Waals surface area contributed by atoms with Crippen LogP contribution >= 0.6 is 11.6 Å². The van der Waals surface area contributed by atoms with Gasteiger partial charge in [-0.3, -0.25) is 4.79 Å². The molecule has 0 bridgehead atoms. The van der Waals surface area contributed by atoms with Crippen molar-refractivity contribution in [3.05, 3.63) is 42.5 Å². The van der Waals surface area contributed by atoms with Crippen LogP contribution in [0.1, 0.15) is 12.0 Å². The predicted molar refractivity (Wildman–Crippen MR) is 51.0 cm³/mol. The molecule has 0 aliphatic rings. The molecule has 12 heavy (non-hydrogen) atoms. The number of benzene rings is 1. The maximum absolute atomic E-state index is 10.5. The van der Waals surface area contributed by atoms with Crippen LogP contribution in [-0.4, -0.2) is 5.24 Å². The smallest absolute Gasteiger partial charge is 0.226 e. The average molecular weight is 181 g/mol. The lowest BCUT2D eigenvalue weighted by atomic mass is 10.1. The molecule has 2 heteroatoms. The van der Waals surface area contributed by atoms with Gasteiger partial charge in [0.2, 0.25) is 5.24 Å². The van der Waals surface area contributed by atoms with E-state index in [1.165, 1.54) is 0 Å². The van der Waals surface area contributed by atoms with E-state index in [0.29, 0.717) is 0 Å². The van der Waals surface area contributed by atoms with Gasteiger partial charge in [-0.05, 0) is 22.7 Å². The lowest BCUT2D eigenvalue weighted by Gasteiger charge is -2.00. The zero-order valence-electron chi connectivity index (χ0n) is 6.59. The maximum Gasteiger partial charge on any atom is 0.226 e. The summed E-state index contributed by atoms with van der Waals surface area (Å²) in [7, 11) is 0. The third kappa shape index (κ3) is 2.51. The zero-order valence-corrected chi connectivity index (χ0v) is 7.34. The fourth-order valence-electron chi connectivity index (χ4n) is 0.944. The van der Waals surface area contributed by atoms with Crippen LogP contribution in [0.25, 0.3) is 5.57 Å². The van der Waals surface area contributed by atoms with Gasteiger partial charge in [-0.25, -0.2) is 0 Å². The van der Waals surface area contributed by atoms with Crippen LogP contribution in [0.5, 0.6) is 0 Å². The van der Waals surface area contributed by atoms with E-state index < -0.39 is 0 Å². The Morgan fingerprint density at radius 3 is 2.42 bits per heavy atom. The molecule has 0 unspecified atom stereocenters. The van der Waals surface area contributed by atoms with Gasteiger partial charge in [0.1, 0.15) is 0 Å². The Morgan fingerprint density at radius 2 is 1.92 bits per heavy atom. The standard InChI is InChI=1S/C10H9ClO/c1-8(7-10(11)12)9-5-3-2-4-6-9/h2-6H,1,7H2. The maximum atomic E-state index is 10.5. The van der Waals surface area contributed by atoms with Crippen molar-refractivity contribution in [3.8, 4) is 0 Å². The van der Waals surface area contributed by atoms with E-state index in [-0.39, 0.29) is 11.7 Å². The molecule has 0 saturated heterocycles. The molecule has 0 spiro atoms. The van der Waals surface area contributed by atoms with Crippen molar-refractivity contribution in [2.24, 2.45) is 0 Å². The van der Waals surface area contributed by atoms with Crippen molar-refractivity contribution in [3.63, 3.8) is 0 Å². The lowest BCUT2D eigenvalue weighted by molar-refractivity contribution is -0.110. The van der Waals surface area contributed by atoms with Crippen molar-refractivity contribution < 1.29 is 4.79 Å². The summed E-state index contributed by atoms with van der Waals surface area (Å²) in [6, 6.07) is 9.53. The third-order valence-electron chi connectivity index (χ3n) is 1.53. The molecule has 0 heterocycles. The molecule has 0 atom stereocenters. The second-order valence-electron chi connectivity index (χ2n) is 2.50. The molecule has 0 aromatic heterocycles. The molecule has 0 radical (unpaired) electrons. The van der Waals surface area contributed by atoms with Crippen LogP contribution in [0, 0.1) is 0 Å². The van der Waals surface area contributed by atoms with E-state index in [0.717, 1.165) is 11.1 Å². The average Bonchev–Trinajstić information content (AvgIpc) is 2.05. The highest BCUT2D eigenvalue weighted by molar-refractivity contribution is 6.64. The Labute approximate surface area is 76.7 Å². The number of hydrogen-bond donors (Lipinski definition) is 0. The van der Waals surface area contributed by atoms with Gasteiger partial charge < -0.3 is 0 Å². The SMILES string of the molecule is C=C(CC(=O)Cl)c1ccccc1. The lowest BCUT2D eigenvalue weighted by Crippen LogP contribution is -1.88. The summed E-state index contributed by atoms with van der Waals surface area (Å²) in [6.07, 6.45) is 0.214. The fraction of sp³-hybridized carbons (Fsp3) is 0.100. The first-order valence-electron chi connectivity index (χ1n) is 3.61. The highest BCUT2D eigenvalue weighted by Gasteiger charge is 2.01. The molecular weight excluding hydrogens is 172 g/mol. The number of allylic oxidation sites excluding steroid dienone is 1. The minimum atomic E-state index is -0.371. The van der Waals surface area contributed by atoms with E-state index in [9.17, 15) is 4.79 Å². The van der Waals surface area contributed by atoms with Gasteiger partial charge in [-0.1, -0.05) is 36.9 Å². The van der Waals surface area contributed by atoms with Crippen LogP contribution in [0.4, 0.5) is 0 Å².